The van der Waals surface area contributed by atoms with Crippen molar-refractivity contribution in [2.24, 2.45) is 5.73 Å². The number of hydrogen-bond donors (Lipinski definition) is 2. The second-order valence-corrected chi connectivity index (χ2v) is 7.53. The Morgan fingerprint density at radius 1 is 1.22 bits per heavy atom. The Hall–Kier alpha value is -3.72. The third kappa shape index (κ3) is 5.30. The first-order valence-electron chi connectivity index (χ1n) is 10.4. The third-order valence-corrected chi connectivity index (χ3v) is 5.28. The van der Waals surface area contributed by atoms with Crippen molar-refractivity contribution in [3.8, 4) is 11.5 Å². The van der Waals surface area contributed by atoms with Crippen LogP contribution >= 0.6 is 0 Å². The van der Waals surface area contributed by atoms with Crippen molar-refractivity contribution in [3.05, 3.63) is 66.2 Å². The summed E-state index contributed by atoms with van der Waals surface area (Å²) in [4.78, 5) is 26.6. The molecule has 0 radical (unpaired) electrons. The van der Waals surface area contributed by atoms with E-state index in [-0.39, 0.29) is 12.6 Å². The van der Waals surface area contributed by atoms with Gasteiger partial charge in [0.1, 0.15) is 11.6 Å². The molecular formula is C23H26N6O3. The molecule has 1 atom stereocenters. The number of hydrogen-bond acceptors (Lipinski definition) is 8. The van der Waals surface area contributed by atoms with E-state index in [2.05, 4.69) is 26.3 Å². The van der Waals surface area contributed by atoms with E-state index in [1.54, 1.807) is 25.7 Å². The number of rotatable bonds is 9. The first-order chi connectivity index (χ1) is 15.6. The van der Waals surface area contributed by atoms with Gasteiger partial charge in [0.25, 0.3) is 5.91 Å². The number of primary amides is 1. The van der Waals surface area contributed by atoms with Crippen LogP contribution in [0.25, 0.3) is 0 Å². The van der Waals surface area contributed by atoms with E-state index < -0.39 is 5.91 Å². The Morgan fingerprint density at radius 2 is 2.12 bits per heavy atom. The third-order valence-electron chi connectivity index (χ3n) is 5.28. The zero-order valence-electron chi connectivity index (χ0n) is 17.9. The van der Waals surface area contributed by atoms with E-state index in [4.69, 9.17) is 20.2 Å². The summed E-state index contributed by atoms with van der Waals surface area (Å²) in [6.45, 7) is 1.55. The quantitative estimate of drug-likeness (QED) is 0.528. The Balaban J connectivity index is 1.47. The molecule has 1 aliphatic rings. The van der Waals surface area contributed by atoms with E-state index in [1.165, 1.54) is 0 Å². The smallest absolute Gasteiger partial charge is 0.255 e. The number of amides is 1. The number of methoxy groups -OCH3 is 1. The maximum atomic E-state index is 11.0. The van der Waals surface area contributed by atoms with Crippen LogP contribution in [0.15, 0.2) is 55.0 Å². The molecule has 9 heteroatoms. The lowest BCUT2D eigenvalue weighted by Gasteiger charge is -2.25. The molecule has 1 amide bonds. The van der Waals surface area contributed by atoms with Gasteiger partial charge < -0.3 is 20.5 Å². The average molecular weight is 435 g/mol. The summed E-state index contributed by atoms with van der Waals surface area (Å²) >= 11 is 0. The highest BCUT2D eigenvalue weighted by molar-refractivity contribution is 5.75. The molecule has 1 fully saturated rings. The van der Waals surface area contributed by atoms with Crippen LogP contribution in [0.4, 0.5) is 11.6 Å². The minimum atomic E-state index is -0.528. The maximum absolute atomic E-state index is 11.0. The van der Waals surface area contributed by atoms with Gasteiger partial charge in [-0.25, -0.2) is 9.97 Å². The number of likely N-dealkylation sites (tertiary alicyclic amines) is 1. The molecular weight excluding hydrogens is 408 g/mol. The van der Waals surface area contributed by atoms with Crippen molar-refractivity contribution in [2.45, 2.75) is 25.4 Å². The van der Waals surface area contributed by atoms with Crippen LogP contribution in [0.2, 0.25) is 0 Å². The van der Waals surface area contributed by atoms with Crippen molar-refractivity contribution in [1.82, 2.24) is 19.9 Å². The summed E-state index contributed by atoms with van der Waals surface area (Å²) in [6.07, 6.45) is 7.09. The summed E-state index contributed by atoms with van der Waals surface area (Å²) in [5.74, 6) is 1.95. The molecule has 2 aromatic heterocycles. The van der Waals surface area contributed by atoms with E-state index in [1.807, 2.05) is 30.3 Å². The topological polar surface area (TPSA) is 115 Å². The zero-order chi connectivity index (χ0) is 22.3. The van der Waals surface area contributed by atoms with Gasteiger partial charge >= 0.3 is 0 Å². The highest BCUT2D eigenvalue weighted by Crippen LogP contribution is 2.34. The van der Waals surface area contributed by atoms with Crippen molar-refractivity contribution >= 4 is 17.5 Å². The molecule has 4 rings (SSSR count). The second kappa shape index (κ2) is 10.1. The summed E-state index contributed by atoms with van der Waals surface area (Å²) < 4.78 is 10.9. The van der Waals surface area contributed by atoms with Gasteiger partial charge in [0.05, 0.1) is 25.0 Å². The minimum absolute atomic E-state index is 0.186. The lowest BCUT2D eigenvalue weighted by Crippen LogP contribution is -2.23. The average Bonchev–Trinajstić information content (AvgIpc) is 3.27. The van der Waals surface area contributed by atoms with Crippen LogP contribution in [0.3, 0.4) is 0 Å². The zero-order valence-corrected chi connectivity index (χ0v) is 17.9. The van der Waals surface area contributed by atoms with Gasteiger partial charge in [-0.05, 0) is 49.2 Å². The molecule has 3 heterocycles. The molecule has 0 aliphatic carbocycles. The molecule has 0 bridgehead atoms. The number of carbonyl (C=O) groups is 1. The standard InChI is InChI=1S/C23H26N6O3/c1-31-20-12-16(7-8-19(20)32-15-21(24)30)14-29-11-3-5-18(29)17-4-2-6-22(27-17)28-23-13-25-9-10-26-23/h2,4,6-10,12-13,18H,3,5,11,14-15H2,1H3,(H2,24,30)(H,26,27,28). The first kappa shape index (κ1) is 21.5. The number of nitrogens with two attached hydrogens (primary N) is 1. The fourth-order valence-corrected chi connectivity index (χ4v) is 3.86. The van der Waals surface area contributed by atoms with Crippen molar-refractivity contribution in [3.63, 3.8) is 0 Å². The van der Waals surface area contributed by atoms with Gasteiger partial charge in [-0.1, -0.05) is 12.1 Å². The largest absolute Gasteiger partial charge is 0.493 e. The van der Waals surface area contributed by atoms with E-state index in [0.29, 0.717) is 17.3 Å². The molecule has 1 aromatic carbocycles. The summed E-state index contributed by atoms with van der Waals surface area (Å²) in [5.41, 5.74) is 7.28. The predicted octanol–water partition coefficient (Wildman–Crippen LogP) is 2.83. The van der Waals surface area contributed by atoms with Gasteiger partial charge in [-0.2, -0.15) is 0 Å². The van der Waals surface area contributed by atoms with Gasteiger partial charge in [-0.3, -0.25) is 14.7 Å². The van der Waals surface area contributed by atoms with Crippen molar-refractivity contribution in [1.29, 1.82) is 0 Å². The number of aromatic nitrogens is 3. The Labute approximate surface area is 186 Å². The van der Waals surface area contributed by atoms with Gasteiger partial charge in [0.15, 0.2) is 18.1 Å². The van der Waals surface area contributed by atoms with Gasteiger partial charge in [0, 0.05) is 18.9 Å². The molecule has 1 unspecified atom stereocenters. The number of nitrogens with one attached hydrogen (secondary N) is 1. The molecule has 9 nitrogen and oxygen atoms in total. The normalized spacial score (nSPS) is 16.0. The SMILES string of the molecule is COc1cc(CN2CCCC2c2cccc(Nc3cnccn3)n2)ccc1OCC(N)=O. The number of carbonyl (C=O) groups excluding carboxylic acids is 1. The molecule has 0 saturated carbocycles. The number of anilines is 2. The van der Waals surface area contributed by atoms with Crippen molar-refractivity contribution < 1.29 is 14.3 Å². The van der Waals surface area contributed by atoms with Crippen LogP contribution in [-0.2, 0) is 11.3 Å². The summed E-state index contributed by atoms with van der Waals surface area (Å²) in [7, 11) is 1.58. The molecule has 3 aromatic rings. The fraction of sp³-hybridized carbons (Fsp3) is 0.304. The Morgan fingerprint density at radius 3 is 2.91 bits per heavy atom. The predicted molar refractivity (Wildman–Crippen MR) is 120 cm³/mol. The van der Waals surface area contributed by atoms with E-state index >= 15 is 0 Å². The summed E-state index contributed by atoms with van der Waals surface area (Å²) in [6, 6.07) is 11.9. The monoisotopic (exact) mass is 434 g/mol. The molecule has 3 N–H and O–H groups in total. The van der Waals surface area contributed by atoms with Crippen LogP contribution in [0.1, 0.15) is 30.1 Å². The van der Waals surface area contributed by atoms with E-state index in [9.17, 15) is 4.79 Å². The molecule has 1 aliphatic heterocycles. The first-order valence-corrected chi connectivity index (χ1v) is 10.4. The highest BCUT2D eigenvalue weighted by atomic mass is 16.5. The van der Waals surface area contributed by atoms with Gasteiger partial charge in [0.2, 0.25) is 0 Å². The van der Waals surface area contributed by atoms with Gasteiger partial charge in [-0.15, -0.1) is 0 Å². The van der Waals surface area contributed by atoms with Crippen LogP contribution in [-0.4, -0.2) is 46.0 Å². The Bertz CT molecular complexity index is 1060. The molecule has 0 spiro atoms. The number of nitrogens with zero attached hydrogens (tertiary/aromatic N) is 4. The van der Waals surface area contributed by atoms with E-state index in [0.717, 1.165) is 43.0 Å². The molecule has 166 valence electrons. The maximum Gasteiger partial charge on any atom is 0.255 e. The van der Waals surface area contributed by atoms with Crippen LogP contribution in [0.5, 0.6) is 11.5 Å². The van der Waals surface area contributed by atoms with Crippen LogP contribution in [0, 0.1) is 0 Å². The highest BCUT2D eigenvalue weighted by Gasteiger charge is 2.27. The molecule has 32 heavy (non-hydrogen) atoms. The minimum Gasteiger partial charge on any atom is -0.493 e. The lowest BCUT2D eigenvalue weighted by molar-refractivity contribution is -0.119. The Kier molecular flexibility index (Phi) is 6.76. The lowest BCUT2D eigenvalue weighted by atomic mass is 10.1. The number of benzene rings is 1. The fourth-order valence-electron chi connectivity index (χ4n) is 3.86. The number of ether oxygens (including phenoxy) is 2. The molecule has 1 saturated heterocycles. The van der Waals surface area contributed by atoms with Crippen LogP contribution < -0.4 is 20.5 Å². The van der Waals surface area contributed by atoms with Crippen molar-refractivity contribution in [2.75, 3.05) is 25.6 Å². The second-order valence-electron chi connectivity index (χ2n) is 7.53. The summed E-state index contributed by atoms with van der Waals surface area (Å²) in [5, 5.41) is 3.21. The number of pyridine rings is 1.